The lowest BCUT2D eigenvalue weighted by molar-refractivity contribution is 0.0925. The van der Waals surface area contributed by atoms with Crippen molar-refractivity contribution in [1.29, 1.82) is 0 Å². The molecule has 0 atom stereocenters. The average molecular weight is 416 g/mol. The van der Waals surface area contributed by atoms with Crippen molar-refractivity contribution in [3.05, 3.63) is 70.9 Å². The number of hydrogen-bond acceptors (Lipinski definition) is 3. The maximum absolute atomic E-state index is 13.3. The summed E-state index contributed by atoms with van der Waals surface area (Å²) in [5, 5.41) is 8.12. The molecular formula is C22H20ClF2N3O. The lowest BCUT2D eigenvalue weighted by Crippen LogP contribution is -2.40. The predicted molar refractivity (Wildman–Crippen MR) is 110 cm³/mol. The van der Waals surface area contributed by atoms with Gasteiger partial charge in [-0.05, 0) is 62.1 Å². The minimum absolute atomic E-state index is 0.00432. The number of aromatic nitrogens is 1. The van der Waals surface area contributed by atoms with E-state index in [1.54, 1.807) is 6.20 Å². The molecule has 0 aliphatic heterocycles. The summed E-state index contributed by atoms with van der Waals surface area (Å²) < 4.78 is 26.6. The zero-order chi connectivity index (χ0) is 20.4. The molecule has 1 heterocycles. The molecule has 1 amide bonds. The molecule has 0 bridgehead atoms. The third-order valence-corrected chi connectivity index (χ3v) is 5.49. The van der Waals surface area contributed by atoms with Crippen molar-refractivity contribution in [2.75, 3.05) is 5.32 Å². The molecule has 0 radical (unpaired) electrons. The van der Waals surface area contributed by atoms with E-state index in [0.29, 0.717) is 5.02 Å². The molecule has 2 aromatic carbocycles. The number of carbonyl (C=O) groups is 1. The molecule has 4 rings (SSSR count). The highest BCUT2D eigenvalue weighted by Crippen LogP contribution is 2.28. The summed E-state index contributed by atoms with van der Waals surface area (Å²) in [5.74, 6) is -1.96. The van der Waals surface area contributed by atoms with Gasteiger partial charge in [-0.3, -0.25) is 9.78 Å². The fourth-order valence-corrected chi connectivity index (χ4v) is 3.97. The maximum Gasteiger partial charge on any atom is 0.251 e. The van der Waals surface area contributed by atoms with Gasteiger partial charge in [0.25, 0.3) is 5.91 Å². The van der Waals surface area contributed by atoms with Crippen molar-refractivity contribution in [2.24, 2.45) is 0 Å². The van der Waals surface area contributed by atoms with E-state index in [0.717, 1.165) is 60.5 Å². The van der Waals surface area contributed by atoms with Crippen LogP contribution in [0.2, 0.25) is 5.02 Å². The fraction of sp³-hybridized carbons (Fsp3) is 0.273. The highest BCUT2D eigenvalue weighted by Gasteiger charge is 2.23. The van der Waals surface area contributed by atoms with E-state index >= 15 is 0 Å². The summed E-state index contributed by atoms with van der Waals surface area (Å²) in [7, 11) is 0. The zero-order valence-electron chi connectivity index (χ0n) is 15.6. The zero-order valence-corrected chi connectivity index (χ0v) is 16.3. The number of anilines is 1. The number of nitrogens with one attached hydrogen (secondary N) is 2. The number of pyridine rings is 1. The van der Waals surface area contributed by atoms with Crippen molar-refractivity contribution in [3.63, 3.8) is 0 Å². The Kier molecular flexibility index (Phi) is 5.62. The fourth-order valence-electron chi connectivity index (χ4n) is 3.80. The Bertz CT molecular complexity index is 1030. The van der Waals surface area contributed by atoms with Crippen LogP contribution in [0.4, 0.5) is 14.5 Å². The quantitative estimate of drug-likeness (QED) is 0.606. The topological polar surface area (TPSA) is 54.0 Å². The monoisotopic (exact) mass is 415 g/mol. The van der Waals surface area contributed by atoms with Crippen LogP contribution < -0.4 is 10.6 Å². The smallest absolute Gasteiger partial charge is 0.251 e. The first kappa shape index (κ1) is 19.6. The van der Waals surface area contributed by atoms with E-state index in [-0.39, 0.29) is 17.6 Å². The Morgan fingerprint density at radius 3 is 2.38 bits per heavy atom. The third kappa shape index (κ3) is 4.65. The normalized spacial score (nSPS) is 19.1. The van der Waals surface area contributed by atoms with Crippen LogP contribution in [0.3, 0.4) is 0 Å². The number of hydrogen-bond donors (Lipinski definition) is 2. The van der Waals surface area contributed by atoms with Crippen LogP contribution in [-0.2, 0) is 0 Å². The number of benzene rings is 2. The summed E-state index contributed by atoms with van der Waals surface area (Å²) in [6.45, 7) is 0. The second-order valence-corrected chi connectivity index (χ2v) is 7.78. The SMILES string of the molecule is O=C(N[C@H]1CC[C@@H](Nc2ccnc3cc(Cl)ccc23)CC1)c1cc(F)cc(F)c1. The van der Waals surface area contributed by atoms with Gasteiger partial charge < -0.3 is 10.6 Å². The molecule has 1 fully saturated rings. The summed E-state index contributed by atoms with van der Waals surface area (Å²) in [6.07, 6.45) is 5.08. The average Bonchev–Trinajstić information content (AvgIpc) is 2.68. The number of nitrogens with zero attached hydrogens (tertiary/aromatic N) is 1. The molecule has 1 aliphatic carbocycles. The van der Waals surface area contributed by atoms with Crippen LogP contribution in [0, 0.1) is 11.6 Å². The second-order valence-electron chi connectivity index (χ2n) is 7.34. The van der Waals surface area contributed by atoms with E-state index < -0.39 is 17.5 Å². The molecule has 1 aliphatic rings. The number of amides is 1. The van der Waals surface area contributed by atoms with Crippen molar-refractivity contribution < 1.29 is 13.6 Å². The first-order valence-electron chi connectivity index (χ1n) is 9.56. The second kappa shape index (κ2) is 8.33. The van der Waals surface area contributed by atoms with Crippen LogP contribution in [0.1, 0.15) is 36.0 Å². The maximum atomic E-state index is 13.3. The number of halogens is 3. The minimum Gasteiger partial charge on any atom is -0.382 e. The summed E-state index contributed by atoms with van der Waals surface area (Å²) in [5.41, 5.74) is 1.85. The van der Waals surface area contributed by atoms with Crippen LogP contribution >= 0.6 is 11.6 Å². The van der Waals surface area contributed by atoms with Gasteiger partial charge in [-0.25, -0.2) is 8.78 Å². The van der Waals surface area contributed by atoms with Gasteiger partial charge >= 0.3 is 0 Å². The van der Waals surface area contributed by atoms with Crippen LogP contribution in [-0.4, -0.2) is 23.0 Å². The summed E-state index contributed by atoms with van der Waals surface area (Å²) >= 11 is 6.05. The molecule has 3 aromatic rings. The van der Waals surface area contributed by atoms with Crippen LogP contribution in [0.25, 0.3) is 10.9 Å². The predicted octanol–water partition coefficient (Wildman–Crippen LogP) is 5.32. The van der Waals surface area contributed by atoms with Gasteiger partial charge in [-0.15, -0.1) is 0 Å². The van der Waals surface area contributed by atoms with Gasteiger partial charge in [-0.1, -0.05) is 11.6 Å². The van der Waals surface area contributed by atoms with E-state index in [9.17, 15) is 13.6 Å². The molecule has 1 saturated carbocycles. The van der Waals surface area contributed by atoms with Gasteiger partial charge in [0.15, 0.2) is 0 Å². The van der Waals surface area contributed by atoms with Gasteiger partial charge in [-0.2, -0.15) is 0 Å². The van der Waals surface area contributed by atoms with Gasteiger partial charge in [0.1, 0.15) is 11.6 Å². The Labute approximate surface area is 172 Å². The number of rotatable bonds is 4. The van der Waals surface area contributed by atoms with E-state index in [2.05, 4.69) is 15.6 Å². The van der Waals surface area contributed by atoms with Crippen LogP contribution in [0.15, 0.2) is 48.7 Å². The molecule has 29 heavy (non-hydrogen) atoms. The van der Waals surface area contributed by atoms with Gasteiger partial charge in [0.2, 0.25) is 0 Å². The van der Waals surface area contributed by atoms with Crippen LogP contribution in [0.5, 0.6) is 0 Å². The Hall–Kier alpha value is -2.73. The highest BCUT2D eigenvalue weighted by molar-refractivity contribution is 6.31. The standard InChI is InChI=1S/C22H20ClF2N3O/c23-14-1-6-19-20(7-8-26-21(19)11-14)27-17-2-4-18(5-3-17)28-22(29)13-9-15(24)12-16(25)10-13/h1,6-12,17-18H,2-5H2,(H,26,27)(H,28,29)/t17-,18+. The molecule has 0 saturated heterocycles. The lowest BCUT2D eigenvalue weighted by Gasteiger charge is -2.30. The van der Waals surface area contributed by atoms with Gasteiger partial charge in [0.05, 0.1) is 5.52 Å². The minimum atomic E-state index is -0.756. The largest absolute Gasteiger partial charge is 0.382 e. The Balaban J connectivity index is 1.36. The molecule has 4 nitrogen and oxygen atoms in total. The highest BCUT2D eigenvalue weighted by atomic mass is 35.5. The van der Waals surface area contributed by atoms with E-state index in [1.165, 1.54) is 0 Å². The van der Waals surface area contributed by atoms with Crippen molar-refractivity contribution in [3.8, 4) is 0 Å². The molecule has 1 aromatic heterocycles. The Morgan fingerprint density at radius 2 is 1.66 bits per heavy atom. The Morgan fingerprint density at radius 1 is 0.966 bits per heavy atom. The number of carbonyl (C=O) groups excluding carboxylic acids is 1. The molecule has 2 N–H and O–H groups in total. The third-order valence-electron chi connectivity index (χ3n) is 5.25. The van der Waals surface area contributed by atoms with Crippen molar-refractivity contribution in [1.82, 2.24) is 10.3 Å². The van der Waals surface area contributed by atoms with Crippen molar-refractivity contribution >= 4 is 34.1 Å². The van der Waals surface area contributed by atoms with Gasteiger partial charge in [0, 0.05) is 46.0 Å². The summed E-state index contributed by atoms with van der Waals surface area (Å²) in [4.78, 5) is 16.6. The summed E-state index contributed by atoms with van der Waals surface area (Å²) in [6, 6.07) is 10.7. The molecule has 7 heteroatoms. The van der Waals surface area contributed by atoms with Crippen molar-refractivity contribution in [2.45, 2.75) is 37.8 Å². The molecule has 0 spiro atoms. The molecule has 0 unspecified atom stereocenters. The first-order valence-corrected chi connectivity index (χ1v) is 9.93. The molecular weight excluding hydrogens is 396 g/mol. The van der Waals surface area contributed by atoms with E-state index in [4.69, 9.17) is 11.6 Å². The number of fused-ring (bicyclic) bond motifs is 1. The first-order chi connectivity index (χ1) is 14.0. The molecule has 150 valence electrons. The van der Waals surface area contributed by atoms with E-state index in [1.807, 2.05) is 24.3 Å². The lowest BCUT2D eigenvalue weighted by atomic mass is 9.90.